The number of methoxy groups -OCH3 is 1. The maximum absolute atomic E-state index is 11.5. The third-order valence-electron chi connectivity index (χ3n) is 10.1. The molecule has 22 heteroatoms. The van der Waals surface area contributed by atoms with Gasteiger partial charge in [0.2, 0.25) is 0 Å². The van der Waals surface area contributed by atoms with Crippen molar-refractivity contribution >= 4 is 57.1 Å². The standard InChI is InChI=1S/C25H17ClO.C23H13ClO.C3H8.18Y/c1-27-12-11-16-14-19(26)9-10-20(16)18-13-17-5-4-8-23-21-6-2-3-7-22(21)24(15-18)25(17)23;24-17-8-9-18(16(11-17)13-25)15-10-14-4-3-7-21-19-5-1-2-6-20(19)22(12-15)23(14)21;1-3-2;;;;;;;;;;;;;;;;;;/h2-15H,1H3;1-13H;3H2,1-2H3;;;;;;;;;;;;;;;;;;/b12-11+;;;;;;;;;;;;;;;;;;;;. The average molecular weight is 2350 g/mol. The van der Waals surface area contributed by atoms with Crippen LogP contribution in [0.15, 0.2) is 152 Å². The number of benzene rings is 8. The summed E-state index contributed by atoms with van der Waals surface area (Å²) in [6.45, 7) is 4.25. The van der Waals surface area contributed by atoms with E-state index < -0.39 is 0 Å². The van der Waals surface area contributed by atoms with Gasteiger partial charge in [-0.25, -0.2) is 0 Å². The van der Waals surface area contributed by atoms with Crippen LogP contribution in [0.25, 0.3) is 94.4 Å². The number of hydrogen-bond donors (Lipinski definition) is 0. The molecule has 8 aromatic rings. The van der Waals surface area contributed by atoms with E-state index in [-0.39, 0.29) is 589 Å². The molecule has 2 nitrogen and oxygen atoms in total. The SMILES string of the molecule is CCC.CO/C=C/c1cc(Cl)ccc1-c1cc2c3c(cccc3c1)-c1ccccc1-2.O=Cc1cc(Cl)ccc1-c1cc2c3c(cccc3c1)-c1ccccc1-2.[Y].[Y].[Y].[Y].[Y].[Y].[Y].[Y].[Y].[Y].[Y].[Y].[Y].[Y].[Y].[Y].[Y].[Y]. The number of ether oxygens (including phenoxy) is 1. The zero-order chi connectivity index (χ0) is 38.1. The molecule has 0 N–H and O–H groups in total. The molecule has 73 heavy (non-hydrogen) atoms. The van der Waals surface area contributed by atoms with Crippen LogP contribution >= 0.6 is 23.2 Å². The van der Waals surface area contributed by atoms with Crippen LogP contribution < -0.4 is 0 Å². The summed E-state index contributed by atoms with van der Waals surface area (Å²) in [5.74, 6) is 0. The molecule has 0 saturated heterocycles. The van der Waals surface area contributed by atoms with E-state index in [0.717, 1.165) is 28.5 Å². The molecule has 0 amide bonds. The molecular formula is C51H38Cl2O2Y18. The van der Waals surface area contributed by atoms with E-state index in [1.54, 1.807) is 19.4 Å². The Morgan fingerprint density at radius 3 is 1.03 bits per heavy atom. The number of carbonyl (C=O) groups excluding carboxylic acids is 1. The molecule has 322 valence electrons. The van der Waals surface area contributed by atoms with Gasteiger partial charge >= 0.3 is 0 Å². The van der Waals surface area contributed by atoms with E-state index in [0.29, 0.717) is 15.6 Å². The van der Waals surface area contributed by atoms with Crippen molar-refractivity contribution in [1.82, 2.24) is 0 Å². The number of rotatable bonds is 5. The normalized spacial score (nSPS) is 8.62. The van der Waals surface area contributed by atoms with Crippen LogP contribution in [0, 0.1) is 0 Å². The molecular weight excluding hydrogens is 2320 g/mol. The van der Waals surface area contributed by atoms with Crippen molar-refractivity contribution in [1.29, 1.82) is 0 Å². The Bertz CT molecular complexity index is 2850. The fourth-order valence-electron chi connectivity index (χ4n) is 7.92. The van der Waals surface area contributed by atoms with Gasteiger partial charge in [0.25, 0.3) is 0 Å². The Balaban J connectivity index is -0.0000000900. The quantitative estimate of drug-likeness (QED) is 0.127. The average Bonchev–Trinajstić information content (AvgIpc) is 3.72. The summed E-state index contributed by atoms with van der Waals surface area (Å²) in [4.78, 5) is 11.5. The Hall–Kier alpha value is 13.9. The fourth-order valence-corrected chi connectivity index (χ4v) is 8.28. The van der Waals surface area contributed by atoms with E-state index in [1.165, 1.54) is 78.0 Å². The number of fused-ring (bicyclic) bond motifs is 6. The van der Waals surface area contributed by atoms with Gasteiger partial charge in [-0.2, -0.15) is 0 Å². The van der Waals surface area contributed by atoms with Crippen molar-refractivity contribution < 1.29 is 598 Å². The smallest absolute Gasteiger partial charge is 0.150 e. The topological polar surface area (TPSA) is 26.3 Å². The predicted octanol–water partition coefficient (Wildman–Crippen LogP) is 15.4. The Labute approximate surface area is 897 Å². The van der Waals surface area contributed by atoms with Gasteiger partial charge in [0.15, 0.2) is 6.29 Å². The van der Waals surface area contributed by atoms with Gasteiger partial charge in [-0.05, 0) is 148 Å². The minimum atomic E-state index is 0. The zero-order valence-electron chi connectivity index (χ0n) is 41.3. The van der Waals surface area contributed by atoms with E-state index in [4.69, 9.17) is 27.9 Å². The third kappa shape index (κ3) is 29.2. The van der Waals surface area contributed by atoms with Gasteiger partial charge < -0.3 is 4.74 Å². The largest absolute Gasteiger partial charge is 0.504 e. The predicted molar refractivity (Wildman–Crippen MR) is 235 cm³/mol. The van der Waals surface area contributed by atoms with Crippen LogP contribution in [0.2, 0.25) is 10.0 Å². The summed E-state index contributed by atoms with van der Waals surface area (Å²) in [6, 6.07) is 50.4. The van der Waals surface area contributed by atoms with Crippen molar-refractivity contribution in [2.24, 2.45) is 0 Å². The molecule has 0 spiro atoms. The second-order valence-corrected chi connectivity index (χ2v) is 14.6. The van der Waals surface area contributed by atoms with Crippen molar-refractivity contribution in [2.45, 2.75) is 20.3 Å². The van der Waals surface area contributed by atoms with Crippen LogP contribution in [0.3, 0.4) is 0 Å². The molecule has 0 atom stereocenters. The molecule has 0 unspecified atom stereocenters. The molecule has 2 aliphatic rings. The first kappa shape index (κ1) is 111. The van der Waals surface area contributed by atoms with E-state index in [1.807, 2.05) is 30.3 Å². The summed E-state index contributed by atoms with van der Waals surface area (Å²) < 4.78 is 5.12. The minimum Gasteiger partial charge on any atom is -0.504 e. The van der Waals surface area contributed by atoms with Crippen LogP contribution in [0.1, 0.15) is 36.2 Å². The maximum Gasteiger partial charge on any atom is 0.150 e. The molecule has 0 fully saturated rings. The summed E-state index contributed by atoms with van der Waals surface area (Å²) in [5, 5.41) is 6.36. The van der Waals surface area contributed by atoms with E-state index >= 15 is 0 Å². The molecule has 0 aromatic heterocycles. The van der Waals surface area contributed by atoms with Gasteiger partial charge in [0.1, 0.15) is 0 Å². The first-order chi connectivity index (χ1) is 26.9. The molecule has 0 bridgehead atoms. The summed E-state index contributed by atoms with van der Waals surface area (Å²) in [6.07, 6.45) is 5.76. The number of carbonyl (C=O) groups is 1. The number of hydrogen-bond acceptors (Lipinski definition) is 2. The summed E-state index contributed by atoms with van der Waals surface area (Å²) in [5.41, 5.74) is 16.2. The van der Waals surface area contributed by atoms with E-state index in [9.17, 15) is 4.79 Å². The second kappa shape index (κ2) is 58.5. The van der Waals surface area contributed by atoms with Gasteiger partial charge in [0, 0.05) is 604 Å². The van der Waals surface area contributed by atoms with Crippen LogP contribution in [-0.2, 0) is 594 Å². The Kier molecular flexibility index (Phi) is 89.2. The Morgan fingerprint density at radius 2 is 0.685 bits per heavy atom. The molecule has 10 rings (SSSR count). The zero-order valence-corrected chi connectivity index (χ0v) is 93.9. The van der Waals surface area contributed by atoms with Gasteiger partial charge in [-0.15, -0.1) is 0 Å². The maximum atomic E-state index is 11.5. The minimum absolute atomic E-state index is 0. The number of aldehydes is 1. The number of halogens is 2. The molecule has 0 saturated carbocycles. The first-order valence-electron chi connectivity index (χ1n) is 18.5. The fraction of sp³-hybridized carbons (Fsp3) is 0.0784. The van der Waals surface area contributed by atoms with Gasteiger partial charge in [0.05, 0.1) is 13.4 Å². The van der Waals surface area contributed by atoms with Crippen molar-refractivity contribution in [3.05, 3.63) is 173 Å². The van der Waals surface area contributed by atoms with Crippen LogP contribution in [0.4, 0.5) is 0 Å². The molecule has 0 heterocycles. The van der Waals surface area contributed by atoms with Crippen LogP contribution in [-0.4, -0.2) is 13.4 Å². The first-order valence-corrected chi connectivity index (χ1v) is 19.3. The Morgan fingerprint density at radius 1 is 0.370 bits per heavy atom. The third-order valence-corrected chi connectivity index (χ3v) is 10.6. The monoisotopic (exact) mass is 2350 g/mol. The summed E-state index contributed by atoms with van der Waals surface area (Å²) >= 11 is 12.3. The summed E-state index contributed by atoms with van der Waals surface area (Å²) in [7, 11) is 1.65. The van der Waals surface area contributed by atoms with Crippen molar-refractivity contribution in [3.8, 4) is 66.8 Å². The van der Waals surface area contributed by atoms with Crippen LogP contribution in [0.5, 0.6) is 0 Å². The molecule has 2 aliphatic carbocycles. The second-order valence-electron chi connectivity index (χ2n) is 13.8. The molecule has 18 radical (unpaired) electrons. The molecule has 8 aromatic carbocycles. The molecule has 0 aliphatic heterocycles. The van der Waals surface area contributed by atoms with Crippen molar-refractivity contribution in [2.75, 3.05) is 7.11 Å². The van der Waals surface area contributed by atoms with Gasteiger partial charge in [-0.3, -0.25) is 4.79 Å². The van der Waals surface area contributed by atoms with Gasteiger partial charge in [-0.1, -0.05) is 141 Å². The van der Waals surface area contributed by atoms with E-state index in [2.05, 4.69) is 129 Å². The van der Waals surface area contributed by atoms with Crippen molar-refractivity contribution in [3.63, 3.8) is 0 Å².